The minimum absolute atomic E-state index is 0.0479. The number of aryl methyl sites for hydroxylation is 1. The zero-order chi connectivity index (χ0) is 18.8. The third kappa shape index (κ3) is 6.89. The normalized spacial score (nSPS) is 10.4. The number of ether oxygens (including phenoxy) is 1. The van der Waals surface area contributed by atoms with Crippen LogP contribution < -0.4 is 0 Å². The summed E-state index contributed by atoms with van der Waals surface area (Å²) in [4.78, 5) is 25.8. The van der Waals surface area contributed by atoms with E-state index in [9.17, 15) is 9.59 Å². The van der Waals surface area contributed by atoms with Crippen molar-refractivity contribution in [1.29, 1.82) is 0 Å². The average molecular weight is 374 g/mol. The number of rotatable bonds is 9. The van der Waals surface area contributed by atoms with Gasteiger partial charge in [0.05, 0.1) is 13.5 Å². The van der Waals surface area contributed by atoms with Crippen molar-refractivity contribution < 1.29 is 14.3 Å². The molecule has 26 heavy (non-hydrogen) atoms. The summed E-state index contributed by atoms with van der Waals surface area (Å²) in [6.45, 7) is 0.860. The van der Waals surface area contributed by atoms with Gasteiger partial charge in [-0.3, -0.25) is 9.59 Å². The van der Waals surface area contributed by atoms with Gasteiger partial charge in [0.1, 0.15) is 0 Å². The Hall–Kier alpha value is -2.33. The minimum Gasteiger partial charge on any atom is -0.469 e. The summed E-state index contributed by atoms with van der Waals surface area (Å²) >= 11 is 5.89. The van der Waals surface area contributed by atoms with E-state index in [4.69, 9.17) is 16.3 Å². The van der Waals surface area contributed by atoms with Crippen LogP contribution in [0.1, 0.15) is 30.4 Å². The fourth-order valence-corrected chi connectivity index (χ4v) is 2.80. The van der Waals surface area contributed by atoms with E-state index in [1.165, 1.54) is 7.11 Å². The Morgan fingerprint density at radius 2 is 1.65 bits per heavy atom. The maximum Gasteiger partial charge on any atom is 0.307 e. The molecule has 0 aliphatic rings. The lowest BCUT2D eigenvalue weighted by Gasteiger charge is -2.22. The molecule has 0 aliphatic carbocycles. The van der Waals surface area contributed by atoms with Crippen LogP contribution in [0, 0.1) is 0 Å². The molecule has 2 rings (SSSR count). The van der Waals surface area contributed by atoms with Gasteiger partial charge in [0.15, 0.2) is 0 Å². The van der Waals surface area contributed by atoms with E-state index in [0.717, 1.165) is 24.0 Å². The Kier molecular flexibility index (Phi) is 8.16. The van der Waals surface area contributed by atoms with Gasteiger partial charge in [0.2, 0.25) is 5.91 Å². The molecule has 2 aromatic rings. The minimum atomic E-state index is -0.308. The van der Waals surface area contributed by atoms with Crippen molar-refractivity contribution in [2.24, 2.45) is 0 Å². The smallest absolute Gasteiger partial charge is 0.307 e. The first-order valence-electron chi connectivity index (χ1n) is 8.71. The molecule has 0 bridgehead atoms. The van der Waals surface area contributed by atoms with E-state index in [1.54, 1.807) is 4.90 Å². The van der Waals surface area contributed by atoms with Crippen molar-refractivity contribution in [3.05, 3.63) is 70.7 Å². The highest BCUT2D eigenvalue weighted by Gasteiger charge is 2.15. The van der Waals surface area contributed by atoms with Crippen molar-refractivity contribution in [1.82, 2.24) is 4.90 Å². The molecule has 1 amide bonds. The number of hydrogen-bond donors (Lipinski definition) is 0. The van der Waals surface area contributed by atoms with Crippen molar-refractivity contribution >= 4 is 23.5 Å². The Labute approximate surface area is 159 Å². The number of hydrogen-bond acceptors (Lipinski definition) is 3. The molecule has 5 heteroatoms. The van der Waals surface area contributed by atoms with Gasteiger partial charge in [-0.2, -0.15) is 0 Å². The molecular weight excluding hydrogens is 350 g/mol. The number of esters is 1. The predicted molar refractivity (Wildman–Crippen MR) is 103 cm³/mol. The fourth-order valence-electron chi connectivity index (χ4n) is 2.68. The molecule has 0 aromatic heterocycles. The van der Waals surface area contributed by atoms with Crippen LogP contribution >= 0.6 is 11.6 Å². The molecule has 0 heterocycles. The molecule has 0 fully saturated rings. The summed E-state index contributed by atoms with van der Waals surface area (Å²) in [5.74, 6) is -0.260. The average Bonchev–Trinajstić information content (AvgIpc) is 2.67. The standard InChI is InChI=1S/C21H24ClNO3/c1-26-21(25)14-15-23(16-18-6-3-2-4-7-18)20(24)9-5-8-17-10-12-19(22)13-11-17/h2-4,6-7,10-13H,5,8-9,14-16H2,1H3. The molecule has 0 radical (unpaired) electrons. The lowest BCUT2D eigenvalue weighted by Crippen LogP contribution is -2.32. The summed E-state index contributed by atoms with van der Waals surface area (Å²) in [5, 5.41) is 0.710. The zero-order valence-corrected chi connectivity index (χ0v) is 15.7. The van der Waals surface area contributed by atoms with E-state index in [2.05, 4.69) is 0 Å². The number of carbonyl (C=O) groups is 2. The molecule has 0 N–H and O–H groups in total. The first-order valence-corrected chi connectivity index (χ1v) is 9.09. The number of amides is 1. The first kappa shape index (κ1) is 20.0. The van der Waals surface area contributed by atoms with Crippen molar-refractivity contribution in [3.8, 4) is 0 Å². The first-order chi connectivity index (χ1) is 12.6. The van der Waals surface area contributed by atoms with Crippen molar-refractivity contribution in [3.63, 3.8) is 0 Å². The maximum absolute atomic E-state index is 12.6. The Morgan fingerprint density at radius 3 is 2.31 bits per heavy atom. The summed E-state index contributed by atoms with van der Waals surface area (Å²) in [6, 6.07) is 17.5. The number of halogens is 1. The highest BCUT2D eigenvalue weighted by atomic mass is 35.5. The van der Waals surface area contributed by atoms with Gasteiger partial charge in [0, 0.05) is 24.5 Å². The van der Waals surface area contributed by atoms with Crippen LogP contribution in [0.5, 0.6) is 0 Å². The fraction of sp³-hybridized carbons (Fsp3) is 0.333. The Balaban J connectivity index is 1.90. The third-order valence-electron chi connectivity index (χ3n) is 4.15. The molecule has 138 valence electrons. The van der Waals surface area contributed by atoms with Crippen molar-refractivity contribution in [2.45, 2.75) is 32.2 Å². The molecule has 0 saturated carbocycles. The zero-order valence-electron chi connectivity index (χ0n) is 15.0. The molecule has 4 nitrogen and oxygen atoms in total. The predicted octanol–water partition coefficient (Wildman–Crippen LogP) is 4.25. The maximum atomic E-state index is 12.6. The van der Waals surface area contributed by atoms with Gasteiger partial charge < -0.3 is 9.64 Å². The van der Waals surface area contributed by atoms with E-state index >= 15 is 0 Å². The third-order valence-corrected chi connectivity index (χ3v) is 4.40. The molecular formula is C21H24ClNO3. The van der Waals surface area contributed by atoms with Gasteiger partial charge >= 0.3 is 5.97 Å². The van der Waals surface area contributed by atoms with Crippen LogP contribution in [0.3, 0.4) is 0 Å². The molecule has 0 spiro atoms. The van der Waals surface area contributed by atoms with Crippen LogP contribution in [-0.4, -0.2) is 30.4 Å². The van der Waals surface area contributed by atoms with Crippen LogP contribution in [0.25, 0.3) is 0 Å². The second kappa shape index (κ2) is 10.6. The quantitative estimate of drug-likeness (QED) is 0.617. The highest BCUT2D eigenvalue weighted by Crippen LogP contribution is 2.13. The largest absolute Gasteiger partial charge is 0.469 e. The van der Waals surface area contributed by atoms with Crippen LogP contribution in [0.4, 0.5) is 0 Å². The number of nitrogens with zero attached hydrogens (tertiary/aromatic N) is 1. The molecule has 0 unspecified atom stereocenters. The lowest BCUT2D eigenvalue weighted by molar-refractivity contribution is -0.142. The summed E-state index contributed by atoms with van der Waals surface area (Å²) in [5.41, 5.74) is 2.20. The Morgan fingerprint density at radius 1 is 0.962 bits per heavy atom. The highest BCUT2D eigenvalue weighted by molar-refractivity contribution is 6.30. The number of carbonyl (C=O) groups excluding carboxylic acids is 2. The van der Waals surface area contributed by atoms with Gasteiger partial charge in [-0.15, -0.1) is 0 Å². The second-order valence-corrected chi connectivity index (χ2v) is 6.54. The van der Waals surface area contributed by atoms with Crippen LogP contribution in [0.2, 0.25) is 5.02 Å². The van der Waals surface area contributed by atoms with E-state index in [-0.39, 0.29) is 18.3 Å². The van der Waals surface area contributed by atoms with Gasteiger partial charge in [0.25, 0.3) is 0 Å². The number of benzene rings is 2. The van der Waals surface area contributed by atoms with Crippen molar-refractivity contribution in [2.75, 3.05) is 13.7 Å². The molecule has 0 saturated heterocycles. The molecule has 2 aromatic carbocycles. The van der Waals surface area contributed by atoms with Gasteiger partial charge in [-0.05, 0) is 36.1 Å². The Bertz CT molecular complexity index is 701. The SMILES string of the molecule is COC(=O)CCN(Cc1ccccc1)C(=O)CCCc1ccc(Cl)cc1. The summed E-state index contributed by atoms with van der Waals surface area (Å²) in [7, 11) is 1.36. The van der Waals surface area contributed by atoms with E-state index < -0.39 is 0 Å². The van der Waals surface area contributed by atoms with E-state index in [0.29, 0.717) is 24.5 Å². The number of methoxy groups -OCH3 is 1. The molecule has 0 aliphatic heterocycles. The monoisotopic (exact) mass is 373 g/mol. The van der Waals surface area contributed by atoms with Crippen LogP contribution in [-0.2, 0) is 27.3 Å². The lowest BCUT2D eigenvalue weighted by atomic mass is 10.1. The van der Waals surface area contributed by atoms with Gasteiger partial charge in [-0.25, -0.2) is 0 Å². The second-order valence-electron chi connectivity index (χ2n) is 6.11. The summed E-state index contributed by atoms with van der Waals surface area (Å²) in [6.07, 6.45) is 2.21. The molecule has 0 atom stereocenters. The summed E-state index contributed by atoms with van der Waals surface area (Å²) < 4.78 is 4.69. The van der Waals surface area contributed by atoms with Crippen LogP contribution in [0.15, 0.2) is 54.6 Å². The van der Waals surface area contributed by atoms with E-state index in [1.807, 2.05) is 54.6 Å². The van der Waals surface area contributed by atoms with Gasteiger partial charge in [-0.1, -0.05) is 54.1 Å². The topological polar surface area (TPSA) is 46.6 Å².